The van der Waals surface area contributed by atoms with E-state index in [9.17, 15) is 9.90 Å². The molecular formula is C10H9N3O4. The number of aromatic hydroxyl groups is 2. The maximum absolute atomic E-state index is 11.7. The summed E-state index contributed by atoms with van der Waals surface area (Å²) >= 11 is 0. The van der Waals surface area contributed by atoms with Gasteiger partial charge in [-0.05, 0) is 19.1 Å². The van der Waals surface area contributed by atoms with Crippen LogP contribution in [-0.4, -0.2) is 26.3 Å². The van der Waals surface area contributed by atoms with Crippen molar-refractivity contribution in [3.8, 4) is 11.5 Å². The van der Waals surface area contributed by atoms with E-state index in [4.69, 9.17) is 9.63 Å². The fourth-order valence-electron chi connectivity index (χ4n) is 1.22. The maximum atomic E-state index is 11.7. The summed E-state index contributed by atoms with van der Waals surface area (Å²) in [5, 5.41) is 24.4. The second-order valence-corrected chi connectivity index (χ2v) is 3.30. The molecule has 2 rings (SSSR count). The SMILES string of the molecule is Cc1noc(NC(=O)c2ccc(O)cc2O)n1. The van der Waals surface area contributed by atoms with Crippen LogP contribution in [0.1, 0.15) is 16.2 Å². The van der Waals surface area contributed by atoms with Gasteiger partial charge in [-0.3, -0.25) is 10.1 Å². The van der Waals surface area contributed by atoms with Crippen molar-refractivity contribution in [2.24, 2.45) is 0 Å². The quantitative estimate of drug-likeness (QED) is 0.717. The molecule has 0 saturated heterocycles. The summed E-state index contributed by atoms with van der Waals surface area (Å²) < 4.78 is 4.70. The number of rotatable bonds is 2. The molecule has 88 valence electrons. The highest BCUT2D eigenvalue weighted by Crippen LogP contribution is 2.23. The van der Waals surface area contributed by atoms with E-state index < -0.39 is 5.91 Å². The maximum Gasteiger partial charge on any atom is 0.328 e. The zero-order chi connectivity index (χ0) is 12.4. The third-order valence-corrected chi connectivity index (χ3v) is 1.97. The minimum absolute atomic E-state index is 0.00125. The predicted octanol–water partition coefficient (Wildman–Crippen LogP) is 1.04. The largest absolute Gasteiger partial charge is 0.508 e. The summed E-state index contributed by atoms with van der Waals surface area (Å²) in [6.45, 7) is 1.61. The first kappa shape index (κ1) is 10.9. The van der Waals surface area contributed by atoms with E-state index in [0.717, 1.165) is 6.07 Å². The number of aryl methyl sites for hydroxylation is 1. The summed E-state index contributed by atoms with van der Waals surface area (Å²) in [7, 11) is 0. The molecule has 1 heterocycles. The Kier molecular flexibility index (Phi) is 2.65. The van der Waals surface area contributed by atoms with E-state index in [1.807, 2.05) is 0 Å². The number of anilines is 1. The van der Waals surface area contributed by atoms with Crippen molar-refractivity contribution in [3.63, 3.8) is 0 Å². The standard InChI is InChI=1S/C10H9N3O4/c1-5-11-10(17-13-5)12-9(16)7-3-2-6(14)4-8(7)15/h2-4,14-15H,1H3,(H,11,12,13,16). The normalized spacial score (nSPS) is 10.2. The molecule has 7 heteroatoms. The van der Waals surface area contributed by atoms with Crippen molar-refractivity contribution in [3.05, 3.63) is 29.6 Å². The van der Waals surface area contributed by atoms with Gasteiger partial charge in [0.2, 0.25) is 0 Å². The summed E-state index contributed by atoms with van der Waals surface area (Å²) in [5.74, 6) is -0.687. The summed E-state index contributed by atoms with van der Waals surface area (Å²) in [6, 6.07) is 3.57. The molecule has 0 aliphatic carbocycles. The minimum Gasteiger partial charge on any atom is -0.508 e. The molecule has 1 amide bonds. The van der Waals surface area contributed by atoms with E-state index in [1.165, 1.54) is 12.1 Å². The van der Waals surface area contributed by atoms with E-state index in [2.05, 4.69) is 15.5 Å². The minimum atomic E-state index is -0.605. The molecule has 0 aliphatic heterocycles. The number of benzene rings is 1. The van der Waals surface area contributed by atoms with Crippen LogP contribution in [0.2, 0.25) is 0 Å². The number of hydrogen-bond donors (Lipinski definition) is 3. The van der Waals surface area contributed by atoms with Gasteiger partial charge in [-0.15, -0.1) is 0 Å². The fraction of sp³-hybridized carbons (Fsp3) is 0.100. The average Bonchev–Trinajstić information content (AvgIpc) is 2.63. The number of phenolic OH excluding ortho intramolecular Hbond substituents is 2. The molecule has 1 aromatic heterocycles. The Labute approximate surface area is 95.7 Å². The van der Waals surface area contributed by atoms with Crippen LogP contribution in [0.5, 0.6) is 11.5 Å². The van der Waals surface area contributed by atoms with Gasteiger partial charge in [-0.1, -0.05) is 5.16 Å². The lowest BCUT2D eigenvalue weighted by molar-refractivity contribution is 0.102. The lowest BCUT2D eigenvalue weighted by atomic mass is 10.2. The number of hydrogen-bond acceptors (Lipinski definition) is 6. The van der Waals surface area contributed by atoms with Gasteiger partial charge >= 0.3 is 6.01 Å². The third-order valence-electron chi connectivity index (χ3n) is 1.97. The zero-order valence-electron chi connectivity index (χ0n) is 8.84. The van der Waals surface area contributed by atoms with Crippen molar-refractivity contribution >= 4 is 11.9 Å². The van der Waals surface area contributed by atoms with E-state index in [-0.39, 0.29) is 23.1 Å². The van der Waals surface area contributed by atoms with Gasteiger partial charge in [0.1, 0.15) is 11.5 Å². The van der Waals surface area contributed by atoms with E-state index in [1.54, 1.807) is 6.92 Å². The first-order valence-corrected chi connectivity index (χ1v) is 4.70. The van der Waals surface area contributed by atoms with Crippen LogP contribution in [0.3, 0.4) is 0 Å². The lowest BCUT2D eigenvalue weighted by Crippen LogP contribution is -2.12. The Morgan fingerprint density at radius 3 is 2.76 bits per heavy atom. The molecule has 1 aromatic carbocycles. The first-order chi connectivity index (χ1) is 8.06. The van der Waals surface area contributed by atoms with Gasteiger partial charge in [0, 0.05) is 6.07 Å². The van der Waals surface area contributed by atoms with Gasteiger partial charge in [0.05, 0.1) is 5.56 Å². The van der Waals surface area contributed by atoms with E-state index >= 15 is 0 Å². The molecule has 0 aliphatic rings. The molecule has 0 fully saturated rings. The topological polar surface area (TPSA) is 108 Å². The van der Waals surface area contributed by atoms with Crippen LogP contribution in [0.4, 0.5) is 6.01 Å². The van der Waals surface area contributed by atoms with Crippen LogP contribution >= 0.6 is 0 Å². The number of phenols is 2. The van der Waals surface area contributed by atoms with Crippen LogP contribution in [-0.2, 0) is 0 Å². The van der Waals surface area contributed by atoms with Gasteiger partial charge in [-0.2, -0.15) is 4.98 Å². The highest BCUT2D eigenvalue weighted by atomic mass is 16.5. The molecule has 2 aromatic rings. The molecule has 7 nitrogen and oxygen atoms in total. The third kappa shape index (κ3) is 2.33. The number of amides is 1. The summed E-state index contributed by atoms with van der Waals surface area (Å²) in [4.78, 5) is 15.5. The van der Waals surface area contributed by atoms with Gasteiger partial charge in [-0.25, -0.2) is 0 Å². The van der Waals surface area contributed by atoms with Gasteiger partial charge < -0.3 is 14.7 Å². The number of carbonyl (C=O) groups excluding carboxylic acids is 1. The number of aromatic nitrogens is 2. The van der Waals surface area contributed by atoms with Gasteiger partial charge in [0.15, 0.2) is 5.82 Å². The Balaban J connectivity index is 2.20. The molecule has 17 heavy (non-hydrogen) atoms. The van der Waals surface area contributed by atoms with Crippen molar-refractivity contribution in [2.75, 3.05) is 5.32 Å². The molecule has 0 unspecified atom stereocenters. The Morgan fingerprint density at radius 2 is 2.18 bits per heavy atom. The lowest BCUT2D eigenvalue weighted by Gasteiger charge is -2.03. The van der Waals surface area contributed by atoms with Crippen molar-refractivity contribution in [1.82, 2.24) is 10.1 Å². The van der Waals surface area contributed by atoms with Crippen molar-refractivity contribution < 1.29 is 19.5 Å². The monoisotopic (exact) mass is 235 g/mol. The molecule has 0 saturated carbocycles. The molecule has 3 N–H and O–H groups in total. The van der Waals surface area contributed by atoms with E-state index in [0.29, 0.717) is 5.82 Å². The molecule has 0 bridgehead atoms. The van der Waals surface area contributed by atoms with Crippen LogP contribution in [0.25, 0.3) is 0 Å². The average molecular weight is 235 g/mol. The fourth-order valence-corrected chi connectivity index (χ4v) is 1.22. The molecule has 0 spiro atoms. The molecule has 0 atom stereocenters. The summed E-state index contributed by atoms with van der Waals surface area (Å²) in [5.41, 5.74) is -0.00125. The van der Waals surface area contributed by atoms with Crippen molar-refractivity contribution in [2.45, 2.75) is 6.92 Å². The number of nitrogens with one attached hydrogen (secondary N) is 1. The highest BCUT2D eigenvalue weighted by Gasteiger charge is 2.14. The van der Waals surface area contributed by atoms with Crippen molar-refractivity contribution in [1.29, 1.82) is 0 Å². The predicted molar refractivity (Wildman–Crippen MR) is 56.8 cm³/mol. The van der Waals surface area contributed by atoms with Gasteiger partial charge in [0.25, 0.3) is 5.91 Å². The highest BCUT2D eigenvalue weighted by molar-refractivity contribution is 6.05. The van der Waals surface area contributed by atoms with Crippen LogP contribution < -0.4 is 5.32 Å². The molecular weight excluding hydrogens is 226 g/mol. The second-order valence-electron chi connectivity index (χ2n) is 3.30. The first-order valence-electron chi connectivity index (χ1n) is 4.70. The Hall–Kier alpha value is -2.57. The Bertz CT molecular complexity index is 564. The number of nitrogens with zero attached hydrogens (tertiary/aromatic N) is 2. The number of carbonyl (C=O) groups is 1. The second kappa shape index (κ2) is 4.12. The Morgan fingerprint density at radius 1 is 1.41 bits per heavy atom. The van der Waals surface area contributed by atoms with Crippen LogP contribution in [0, 0.1) is 6.92 Å². The summed E-state index contributed by atoms with van der Waals surface area (Å²) in [6.07, 6.45) is 0. The zero-order valence-corrected chi connectivity index (χ0v) is 8.84. The smallest absolute Gasteiger partial charge is 0.328 e. The van der Waals surface area contributed by atoms with Crippen LogP contribution in [0.15, 0.2) is 22.7 Å². The molecule has 0 radical (unpaired) electrons.